The van der Waals surface area contributed by atoms with Gasteiger partial charge in [0.1, 0.15) is 11.5 Å². The van der Waals surface area contributed by atoms with E-state index in [0.717, 1.165) is 26.2 Å². The van der Waals surface area contributed by atoms with E-state index in [0.29, 0.717) is 11.6 Å². The second-order valence-electron chi connectivity index (χ2n) is 5.79. The van der Waals surface area contributed by atoms with Crippen LogP contribution >= 0.6 is 0 Å². The predicted octanol–water partition coefficient (Wildman–Crippen LogP) is 2.30. The molecule has 1 aromatic carbocycles. The molecule has 1 saturated heterocycles. The van der Waals surface area contributed by atoms with E-state index in [1.165, 1.54) is 30.3 Å². The van der Waals surface area contributed by atoms with Crippen molar-refractivity contribution < 1.29 is 4.39 Å². The van der Waals surface area contributed by atoms with Gasteiger partial charge in [0.2, 0.25) is 0 Å². The summed E-state index contributed by atoms with van der Waals surface area (Å²) in [5.74, 6) is 0.311. The molecule has 1 N–H and O–H groups in total. The molecule has 4 rings (SSSR count). The minimum atomic E-state index is -0.214. The van der Waals surface area contributed by atoms with E-state index in [9.17, 15) is 4.39 Å². The summed E-state index contributed by atoms with van der Waals surface area (Å²) in [6.07, 6.45) is 4.27. The van der Waals surface area contributed by atoms with E-state index in [1.54, 1.807) is 12.1 Å². The highest BCUT2D eigenvalue weighted by molar-refractivity contribution is 5.55. The highest BCUT2D eigenvalue weighted by Crippen LogP contribution is 2.45. The van der Waals surface area contributed by atoms with Crippen LogP contribution in [0, 0.1) is 5.82 Å². The summed E-state index contributed by atoms with van der Waals surface area (Å²) in [6, 6.07) is 6.88. The number of rotatable bonds is 3. The molecule has 0 bridgehead atoms. The van der Waals surface area contributed by atoms with E-state index < -0.39 is 0 Å². The molecule has 4 nitrogen and oxygen atoms in total. The lowest BCUT2D eigenvalue weighted by molar-refractivity contribution is 0.586. The van der Waals surface area contributed by atoms with E-state index in [-0.39, 0.29) is 5.82 Å². The van der Waals surface area contributed by atoms with Gasteiger partial charge in [0.25, 0.3) is 0 Å². The van der Waals surface area contributed by atoms with Crippen LogP contribution in [0.1, 0.15) is 24.5 Å². The standard InChI is InChI=1S/C16H19FN4/c17-13-3-1-2-4-14(13)21-16(12-5-6-12)15(11-19-21)20-9-7-18-8-10-20/h1-4,11-12,18H,5-10H2. The summed E-state index contributed by atoms with van der Waals surface area (Å²) < 4.78 is 15.9. The Labute approximate surface area is 123 Å². The molecule has 0 radical (unpaired) electrons. The summed E-state index contributed by atoms with van der Waals surface area (Å²) in [5.41, 5.74) is 2.92. The largest absolute Gasteiger partial charge is 0.366 e. The van der Waals surface area contributed by atoms with Gasteiger partial charge in [-0.25, -0.2) is 9.07 Å². The third-order valence-corrected chi connectivity index (χ3v) is 4.29. The molecule has 2 fully saturated rings. The topological polar surface area (TPSA) is 33.1 Å². The smallest absolute Gasteiger partial charge is 0.148 e. The zero-order valence-electron chi connectivity index (χ0n) is 11.9. The molecule has 1 aliphatic heterocycles. The third-order valence-electron chi connectivity index (χ3n) is 4.29. The maximum atomic E-state index is 14.1. The van der Waals surface area contributed by atoms with Crippen LogP contribution in [0.3, 0.4) is 0 Å². The van der Waals surface area contributed by atoms with E-state index in [2.05, 4.69) is 15.3 Å². The minimum absolute atomic E-state index is 0.214. The Kier molecular flexibility index (Phi) is 3.15. The molecule has 0 unspecified atom stereocenters. The number of halogens is 1. The number of para-hydroxylation sites is 1. The highest BCUT2D eigenvalue weighted by atomic mass is 19.1. The van der Waals surface area contributed by atoms with Gasteiger partial charge in [-0.3, -0.25) is 0 Å². The molecule has 2 aliphatic rings. The van der Waals surface area contributed by atoms with Crippen molar-refractivity contribution in [3.8, 4) is 5.69 Å². The van der Waals surface area contributed by atoms with Crippen molar-refractivity contribution in [2.75, 3.05) is 31.1 Å². The maximum Gasteiger partial charge on any atom is 0.148 e. The van der Waals surface area contributed by atoms with Crippen LogP contribution in [-0.4, -0.2) is 36.0 Å². The first-order chi connectivity index (χ1) is 10.3. The van der Waals surface area contributed by atoms with Gasteiger partial charge >= 0.3 is 0 Å². The molecule has 1 saturated carbocycles. The fourth-order valence-electron chi connectivity index (χ4n) is 3.05. The van der Waals surface area contributed by atoms with Crippen molar-refractivity contribution in [1.29, 1.82) is 0 Å². The minimum Gasteiger partial charge on any atom is -0.366 e. The Bertz CT molecular complexity index is 641. The first kappa shape index (κ1) is 12.8. The van der Waals surface area contributed by atoms with Crippen LogP contribution in [0.5, 0.6) is 0 Å². The van der Waals surface area contributed by atoms with Crippen LogP contribution in [0.4, 0.5) is 10.1 Å². The quantitative estimate of drug-likeness (QED) is 0.940. The van der Waals surface area contributed by atoms with Gasteiger partial charge in [0, 0.05) is 32.1 Å². The lowest BCUT2D eigenvalue weighted by atomic mass is 10.2. The van der Waals surface area contributed by atoms with Crippen LogP contribution in [0.15, 0.2) is 30.5 Å². The average Bonchev–Trinajstić information content (AvgIpc) is 3.27. The third kappa shape index (κ3) is 2.31. The maximum absolute atomic E-state index is 14.1. The lowest BCUT2D eigenvalue weighted by Crippen LogP contribution is -2.43. The van der Waals surface area contributed by atoms with Crippen molar-refractivity contribution in [3.05, 3.63) is 42.0 Å². The molecule has 0 spiro atoms. The molecule has 0 amide bonds. The number of hydrogen-bond donors (Lipinski definition) is 1. The SMILES string of the molecule is Fc1ccccc1-n1ncc(N2CCNCC2)c1C1CC1. The normalized spacial score (nSPS) is 19.0. The molecular formula is C16H19FN4. The van der Waals surface area contributed by atoms with Crippen molar-refractivity contribution in [3.63, 3.8) is 0 Å². The first-order valence-corrected chi connectivity index (χ1v) is 7.63. The Morgan fingerprint density at radius 1 is 1.10 bits per heavy atom. The van der Waals surface area contributed by atoms with Crippen molar-refractivity contribution in [2.24, 2.45) is 0 Å². The van der Waals surface area contributed by atoms with Crippen LogP contribution in [0.25, 0.3) is 5.69 Å². The van der Waals surface area contributed by atoms with Crippen molar-refractivity contribution in [2.45, 2.75) is 18.8 Å². The molecule has 0 atom stereocenters. The summed E-state index contributed by atoms with van der Waals surface area (Å²) >= 11 is 0. The fourth-order valence-corrected chi connectivity index (χ4v) is 3.05. The predicted molar refractivity (Wildman–Crippen MR) is 80.6 cm³/mol. The van der Waals surface area contributed by atoms with Gasteiger partial charge in [-0.2, -0.15) is 5.10 Å². The summed E-state index contributed by atoms with van der Waals surface area (Å²) in [4.78, 5) is 2.37. The number of anilines is 1. The molecule has 5 heteroatoms. The zero-order valence-corrected chi connectivity index (χ0v) is 11.9. The van der Waals surface area contributed by atoms with E-state index >= 15 is 0 Å². The van der Waals surface area contributed by atoms with E-state index in [1.807, 2.05) is 16.9 Å². The Hall–Kier alpha value is -1.88. The van der Waals surface area contributed by atoms with Gasteiger partial charge < -0.3 is 10.2 Å². The highest BCUT2D eigenvalue weighted by Gasteiger charge is 2.33. The summed E-state index contributed by atoms with van der Waals surface area (Å²) in [6.45, 7) is 3.97. The molecule has 1 aliphatic carbocycles. The van der Waals surface area contributed by atoms with Gasteiger partial charge in [-0.05, 0) is 25.0 Å². The number of hydrogen-bond acceptors (Lipinski definition) is 3. The number of benzene rings is 1. The number of nitrogens with zero attached hydrogens (tertiary/aromatic N) is 3. The summed E-state index contributed by atoms with van der Waals surface area (Å²) in [7, 11) is 0. The molecule has 2 heterocycles. The molecular weight excluding hydrogens is 267 g/mol. The number of nitrogens with one attached hydrogen (secondary N) is 1. The van der Waals surface area contributed by atoms with Crippen LogP contribution in [-0.2, 0) is 0 Å². The second kappa shape index (κ2) is 5.15. The fraction of sp³-hybridized carbons (Fsp3) is 0.438. The number of piperazine rings is 1. The van der Waals surface area contributed by atoms with Crippen molar-refractivity contribution in [1.82, 2.24) is 15.1 Å². The zero-order chi connectivity index (χ0) is 14.2. The lowest BCUT2D eigenvalue weighted by Gasteiger charge is -2.29. The Balaban J connectivity index is 1.78. The van der Waals surface area contributed by atoms with E-state index in [4.69, 9.17) is 0 Å². The van der Waals surface area contributed by atoms with Crippen LogP contribution in [0.2, 0.25) is 0 Å². The molecule has 2 aromatic rings. The average molecular weight is 286 g/mol. The second-order valence-corrected chi connectivity index (χ2v) is 5.79. The molecule has 110 valence electrons. The van der Waals surface area contributed by atoms with Gasteiger partial charge in [0.05, 0.1) is 17.6 Å². The van der Waals surface area contributed by atoms with Gasteiger partial charge in [0.15, 0.2) is 0 Å². The van der Waals surface area contributed by atoms with Crippen LogP contribution < -0.4 is 10.2 Å². The summed E-state index contributed by atoms with van der Waals surface area (Å²) in [5, 5.41) is 7.87. The number of aromatic nitrogens is 2. The van der Waals surface area contributed by atoms with Gasteiger partial charge in [-0.15, -0.1) is 0 Å². The molecule has 1 aromatic heterocycles. The van der Waals surface area contributed by atoms with Gasteiger partial charge in [-0.1, -0.05) is 12.1 Å². The molecule has 21 heavy (non-hydrogen) atoms. The Morgan fingerprint density at radius 3 is 2.57 bits per heavy atom. The Morgan fingerprint density at radius 2 is 1.86 bits per heavy atom. The van der Waals surface area contributed by atoms with Crippen molar-refractivity contribution >= 4 is 5.69 Å². The monoisotopic (exact) mass is 286 g/mol. The first-order valence-electron chi connectivity index (χ1n) is 7.63.